The molecule has 4 aromatic carbocycles. The molecule has 58 heavy (non-hydrogen) atoms. The van der Waals surface area contributed by atoms with E-state index in [4.69, 9.17) is 18.9 Å². The molecule has 2 amide bonds. The van der Waals surface area contributed by atoms with Gasteiger partial charge in [0.25, 0.3) is 0 Å². The lowest BCUT2D eigenvalue weighted by Crippen LogP contribution is -2.64. The zero-order chi connectivity index (χ0) is 41.6. The van der Waals surface area contributed by atoms with E-state index in [2.05, 4.69) is 0 Å². The van der Waals surface area contributed by atoms with Crippen LogP contribution in [0.5, 0.6) is 23.0 Å². The normalized spacial score (nSPS) is 16.9. The molecule has 0 radical (unpaired) electrons. The molecule has 0 saturated heterocycles. The standard InChI is InChI=1S/C44H46N2O12/c1-3-55-35(47)23-25-45(27-29-15-19-33(20-16-29)57-31-11-7-5-8-12-31)41(49)37-38(40(44(53)54)39(37)43(51)52)42(50)46(26-24-36(48)56-4-2)28-30-17-21-34(22-18-30)58-32-13-9-6-10-14-32/h5-22,37-40H,3-4,23-28H2,1-2H3,(H,51,52)(H,53,54)/t37-,38-,39-,40-/m1/s1. The number of carboxylic acid groups (broad SMARTS) is 2. The van der Waals surface area contributed by atoms with Gasteiger partial charge in [0.05, 0.1) is 49.7 Å². The molecular formula is C44H46N2O12. The van der Waals surface area contributed by atoms with Crippen LogP contribution in [0.3, 0.4) is 0 Å². The summed E-state index contributed by atoms with van der Waals surface area (Å²) in [5, 5.41) is 20.6. The molecule has 14 heteroatoms. The summed E-state index contributed by atoms with van der Waals surface area (Å²) in [5.41, 5.74) is 1.19. The fourth-order valence-corrected chi connectivity index (χ4v) is 6.87. The van der Waals surface area contributed by atoms with Crippen LogP contribution in [0.15, 0.2) is 109 Å². The highest BCUT2D eigenvalue weighted by molar-refractivity contribution is 6.00. The maximum absolute atomic E-state index is 14.6. The fraction of sp³-hybridized carbons (Fsp3) is 0.318. The van der Waals surface area contributed by atoms with Gasteiger partial charge in [0.1, 0.15) is 23.0 Å². The van der Waals surface area contributed by atoms with Crippen molar-refractivity contribution in [1.29, 1.82) is 0 Å². The van der Waals surface area contributed by atoms with Crippen molar-refractivity contribution in [3.63, 3.8) is 0 Å². The van der Waals surface area contributed by atoms with E-state index in [-0.39, 0.29) is 52.2 Å². The molecule has 2 N–H and O–H groups in total. The Bertz CT molecular complexity index is 1880. The van der Waals surface area contributed by atoms with Gasteiger partial charge in [0.2, 0.25) is 11.8 Å². The zero-order valence-electron chi connectivity index (χ0n) is 32.2. The average Bonchev–Trinajstić information content (AvgIpc) is 3.19. The molecule has 0 unspecified atom stereocenters. The van der Waals surface area contributed by atoms with Crippen LogP contribution in [0.1, 0.15) is 37.8 Å². The number of hydrogen-bond acceptors (Lipinski definition) is 10. The Balaban J connectivity index is 1.43. The highest BCUT2D eigenvalue weighted by Gasteiger charge is 2.65. The molecule has 0 spiro atoms. The maximum Gasteiger partial charge on any atom is 0.308 e. The molecule has 1 aliphatic carbocycles. The third-order valence-electron chi connectivity index (χ3n) is 9.65. The lowest BCUT2D eigenvalue weighted by atomic mass is 9.55. The van der Waals surface area contributed by atoms with Crippen molar-refractivity contribution in [3.8, 4) is 23.0 Å². The number of aliphatic carboxylic acids is 2. The molecule has 4 aromatic rings. The lowest BCUT2D eigenvalue weighted by Gasteiger charge is -2.48. The van der Waals surface area contributed by atoms with Gasteiger partial charge < -0.3 is 39.0 Å². The number of carbonyl (C=O) groups is 6. The number of carboxylic acids is 2. The summed E-state index contributed by atoms with van der Waals surface area (Å²) in [6.45, 7) is 2.85. The van der Waals surface area contributed by atoms with Crippen molar-refractivity contribution in [3.05, 3.63) is 120 Å². The van der Waals surface area contributed by atoms with Gasteiger partial charge in [-0.15, -0.1) is 0 Å². The van der Waals surface area contributed by atoms with Gasteiger partial charge in [-0.3, -0.25) is 28.8 Å². The summed E-state index contributed by atoms with van der Waals surface area (Å²) in [6, 6.07) is 31.7. The summed E-state index contributed by atoms with van der Waals surface area (Å²) < 4.78 is 21.9. The van der Waals surface area contributed by atoms with E-state index in [0.717, 1.165) is 0 Å². The van der Waals surface area contributed by atoms with E-state index in [1.54, 1.807) is 86.6 Å². The highest BCUT2D eigenvalue weighted by atomic mass is 16.5. The number of ether oxygens (including phenoxy) is 4. The zero-order valence-corrected chi connectivity index (χ0v) is 32.2. The van der Waals surface area contributed by atoms with Gasteiger partial charge in [-0.1, -0.05) is 60.7 Å². The van der Waals surface area contributed by atoms with E-state index >= 15 is 0 Å². The molecule has 4 atom stereocenters. The van der Waals surface area contributed by atoms with Crippen molar-refractivity contribution in [2.75, 3.05) is 26.3 Å². The second kappa shape index (κ2) is 20.5. The van der Waals surface area contributed by atoms with E-state index in [1.165, 1.54) is 9.80 Å². The molecule has 304 valence electrons. The Kier molecular flexibility index (Phi) is 15.0. The second-order valence-corrected chi connectivity index (χ2v) is 13.5. The van der Waals surface area contributed by atoms with Gasteiger partial charge >= 0.3 is 23.9 Å². The minimum atomic E-state index is -1.76. The van der Waals surface area contributed by atoms with Gasteiger partial charge in [-0.2, -0.15) is 0 Å². The smallest absolute Gasteiger partial charge is 0.308 e. The minimum absolute atomic E-state index is 0.0979. The molecule has 0 bridgehead atoms. The Morgan fingerprint density at radius 3 is 1.12 bits per heavy atom. The summed E-state index contributed by atoms with van der Waals surface area (Å²) >= 11 is 0. The maximum atomic E-state index is 14.6. The SMILES string of the molecule is CCOC(=O)CCN(Cc1ccc(Oc2ccccc2)cc1)C(=O)[C@H]1[C@@H](C(=O)O)[C@H](C(=O)O)[C@@H]1C(=O)N(CCC(=O)OCC)Cc1ccc(Oc2ccccc2)cc1. The molecule has 0 aromatic heterocycles. The first-order chi connectivity index (χ1) is 28.0. The van der Waals surface area contributed by atoms with E-state index < -0.39 is 59.4 Å². The molecule has 0 heterocycles. The summed E-state index contributed by atoms with van der Waals surface area (Å²) in [4.78, 5) is 81.9. The number of amides is 2. The minimum Gasteiger partial charge on any atom is -0.481 e. The largest absolute Gasteiger partial charge is 0.481 e. The third kappa shape index (κ3) is 11.2. The van der Waals surface area contributed by atoms with Gasteiger partial charge in [-0.25, -0.2) is 0 Å². The quantitative estimate of drug-likeness (QED) is 0.0970. The number of hydrogen-bond donors (Lipinski definition) is 2. The van der Waals surface area contributed by atoms with Gasteiger partial charge in [0.15, 0.2) is 0 Å². The number of para-hydroxylation sites is 2. The first-order valence-corrected chi connectivity index (χ1v) is 19.0. The van der Waals surface area contributed by atoms with Crippen LogP contribution in [0.25, 0.3) is 0 Å². The number of rotatable bonds is 20. The van der Waals surface area contributed by atoms with Crippen molar-refractivity contribution in [1.82, 2.24) is 9.80 Å². The average molecular weight is 795 g/mol. The fourth-order valence-electron chi connectivity index (χ4n) is 6.87. The predicted molar refractivity (Wildman–Crippen MR) is 208 cm³/mol. The summed E-state index contributed by atoms with van der Waals surface area (Å²) in [5.74, 6) is -10.4. The summed E-state index contributed by atoms with van der Waals surface area (Å²) in [6.07, 6.45) is -0.480. The van der Waals surface area contributed by atoms with E-state index in [0.29, 0.717) is 34.1 Å². The van der Waals surface area contributed by atoms with E-state index in [9.17, 15) is 39.0 Å². The predicted octanol–water partition coefficient (Wildman–Crippen LogP) is 6.18. The molecule has 14 nitrogen and oxygen atoms in total. The number of benzene rings is 4. The van der Waals surface area contributed by atoms with E-state index in [1.807, 2.05) is 36.4 Å². The summed E-state index contributed by atoms with van der Waals surface area (Å²) in [7, 11) is 0. The monoisotopic (exact) mass is 794 g/mol. The number of esters is 2. The highest BCUT2D eigenvalue weighted by Crippen LogP contribution is 2.49. The van der Waals surface area contributed by atoms with Crippen LogP contribution < -0.4 is 9.47 Å². The first kappa shape index (κ1) is 42.4. The third-order valence-corrected chi connectivity index (χ3v) is 9.65. The van der Waals surface area contributed by atoms with Crippen LogP contribution >= 0.6 is 0 Å². The van der Waals surface area contributed by atoms with Gasteiger partial charge in [0, 0.05) is 26.2 Å². The molecule has 1 aliphatic rings. The topological polar surface area (TPSA) is 186 Å². The van der Waals surface area contributed by atoms with Crippen LogP contribution in [-0.2, 0) is 51.3 Å². The van der Waals surface area contributed by atoms with Crippen molar-refractivity contribution in [2.24, 2.45) is 23.7 Å². The Morgan fingerprint density at radius 2 is 0.810 bits per heavy atom. The van der Waals surface area contributed by atoms with Crippen LogP contribution in [0.4, 0.5) is 0 Å². The lowest BCUT2D eigenvalue weighted by molar-refractivity contribution is -0.188. The Hall–Kier alpha value is -6.70. The molecular weight excluding hydrogens is 748 g/mol. The van der Waals surface area contributed by atoms with Crippen LogP contribution in [0.2, 0.25) is 0 Å². The molecule has 1 saturated carbocycles. The van der Waals surface area contributed by atoms with Crippen LogP contribution in [0, 0.1) is 23.7 Å². The van der Waals surface area contributed by atoms with Crippen molar-refractivity contribution in [2.45, 2.75) is 39.8 Å². The van der Waals surface area contributed by atoms with Crippen molar-refractivity contribution < 1.29 is 57.9 Å². The second-order valence-electron chi connectivity index (χ2n) is 13.5. The Labute approximate surface area is 335 Å². The van der Waals surface area contributed by atoms with Crippen molar-refractivity contribution >= 4 is 35.7 Å². The number of carbonyl (C=O) groups excluding carboxylic acids is 4. The van der Waals surface area contributed by atoms with Crippen LogP contribution in [-0.4, -0.2) is 82.0 Å². The van der Waals surface area contributed by atoms with Gasteiger partial charge in [-0.05, 0) is 73.5 Å². The molecule has 0 aliphatic heterocycles. The Morgan fingerprint density at radius 1 is 0.483 bits per heavy atom. The molecule has 1 fully saturated rings. The molecule has 5 rings (SSSR count). The first-order valence-electron chi connectivity index (χ1n) is 19.0. The number of nitrogens with zero attached hydrogens (tertiary/aromatic N) is 2.